The van der Waals surface area contributed by atoms with Gasteiger partial charge in [0.25, 0.3) is 5.69 Å². The van der Waals surface area contributed by atoms with Crippen molar-refractivity contribution in [2.75, 3.05) is 0 Å². The van der Waals surface area contributed by atoms with Crippen molar-refractivity contribution in [2.45, 2.75) is 12.4 Å². The number of nitro groups is 1. The molecule has 3 N–H and O–H groups in total. The van der Waals surface area contributed by atoms with Crippen LogP contribution in [0.4, 0.5) is 23.2 Å². The molecule has 0 saturated heterocycles. The molecule has 0 aliphatic carbocycles. The van der Waals surface area contributed by atoms with Gasteiger partial charge in [0.1, 0.15) is 5.75 Å². The van der Waals surface area contributed by atoms with E-state index in [0.29, 0.717) is 6.07 Å². The topological polar surface area (TPSA) is 98.6 Å². The number of hydrogen-bond donors (Lipinski definition) is 2. The molecule has 0 bridgehead atoms. The van der Waals surface area contributed by atoms with Crippen molar-refractivity contribution in [3.63, 3.8) is 0 Å². The van der Waals surface area contributed by atoms with Crippen LogP contribution in [0.1, 0.15) is 17.2 Å². The smallest absolute Gasteiger partial charge is 0.505 e. The first-order valence-corrected chi connectivity index (χ1v) is 6.36. The van der Waals surface area contributed by atoms with E-state index in [4.69, 9.17) is 5.73 Å². The lowest BCUT2D eigenvalue weighted by molar-refractivity contribution is -0.385. The SMILES string of the molecule is Cl.N[C@H](c1ccc(OC(F)(F)F)cc1)c1cc([N+](=O)[O-])cc(F)c1O. The van der Waals surface area contributed by atoms with Crippen LogP contribution in [0.2, 0.25) is 0 Å². The van der Waals surface area contributed by atoms with Crippen molar-refractivity contribution in [2.24, 2.45) is 5.73 Å². The van der Waals surface area contributed by atoms with Crippen LogP contribution in [0.25, 0.3) is 0 Å². The van der Waals surface area contributed by atoms with Gasteiger partial charge in [-0.1, -0.05) is 12.1 Å². The van der Waals surface area contributed by atoms with E-state index in [2.05, 4.69) is 4.74 Å². The molecule has 0 aliphatic rings. The molecule has 0 fully saturated rings. The van der Waals surface area contributed by atoms with Crippen LogP contribution in [0.5, 0.6) is 11.5 Å². The third kappa shape index (κ3) is 4.94. The van der Waals surface area contributed by atoms with Gasteiger partial charge in [0.15, 0.2) is 11.6 Å². The Labute approximate surface area is 144 Å². The maximum atomic E-state index is 13.6. The van der Waals surface area contributed by atoms with E-state index in [1.165, 1.54) is 12.1 Å². The van der Waals surface area contributed by atoms with E-state index >= 15 is 0 Å². The molecule has 2 aromatic carbocycles. The minimum absolute atomic E-state index is 0. The van der Waals surface area contributed by atoms with Gasteiger partial charge in [-0.15, -0.1) is 25.6 Å². The van der Waals surface area contributed by atoms with Crippen molar-refractivity contribution in [3.8, 4) is 11.5 Å². The van der Waals surface area contributed by atoms with Crippen LogP contribution >= 0.6 is 12.4 Å². The Morgan fingerprint density at radius 3 is 2.24 bits per heavy atom. The number of phenols is 1. The van der Waals surface area contributed by atoms with Crippen molar-refractivity contribution in [1.82, 2.24) is 0 Å². The lowest BCUT2D eigenvalue weighted by Gasteiger charge is -2.15. The van der Waals surface area contributed by atoms with Crippen molar-refractivity contribution < 1.29 is 32.3 Å². The predicted octanol–water partition coefficient (Wildman–Crippen LogP) is 3.81. The molecule has 0 aromatic heterocycles. The molecule has 136 valence electrons. The maximum Gasteiger partial charge on any atom is 0.573 e. The summed E-state index contributed by atoms with van der Waals surface area (Å²) in [5.74, 6) is -2.59. The monoisotopic (exact) mass is 382 g/mol. The summed E-state index contributed by atoms with van der Waals surface area (Å²) in [6, 6.07) is 4.53. The zero-order valence-corrected chi connectivity index (χ0v) is 13.0. The first kappa shape index (κ1) is 20.5. The van der Waals surface area contributed by atoms with Gasteiger partial charge in [-0.3, -0.25) is 10.1 Å². The Morgan fingerprint density at radius 2 is 1.76 bits per heavy atom. The number of alkyl halides is 3. The first-order valence-electron chi connectivity index (χ1n) is 6.36. The van der Waals surface area contributed by atoms with Gasteiger partial charge >= 0.3 is 6.36 Å². The van der Waals surface area contributed by atoms with Gasteiger partial charge in [-0.05, 0) is 17.7 Å². The van der Waals surface area contributed by atoms with Gasteiger partial charge in [-0.25, -0.2) is 4.39 Å². The molecule has 0 unspecified atom stereocenters. The molecule has 0 saturated carbocycles. The number of aromatic hydroxyl groups is 1. The molecule has 0 aliphatic heterocycles. The number of non-ortho nitro benzene ring substituents is 1. The molecule has 11 heteroatoms. The highest BCUT2D eigenvalue weighted by Gasteiger charge is 2.31. The van der Waals surface area contributed by atoms with Gasteiger partial charge in [0.2, 0.25) is 0 Å². The normalized spacial score (nSPS) is 12.2. The van der Waals surface area contributed by atoms with Crippen LogP contribution in [0.3, 0.4) is 0 Å². The van der Waals surface area contributed by atoms with E-state index < -0.39 is 40.3 Å². The Hall–Kier alpha value is -2.59. The van der Waals surface area contributed by atoms with Gasteiger partial charge in [-0.2, -0.15) is 0 Å². The van der Waals surface area contributed by atoms with Crippen LogP contribution in [-0.2, 0) is 0 Å². The number of halogens is 5. The van der Waals surface area contributed by atoms with E-state index in [9.17, 15) is 32.8 Å². The number of phenolic OH excluding ortho intramolecular Hbond substituents is 1. The highest BCUT2D eigenvalue weighted by molar-refractivity contribution is 5.85. The summed E-state index contributed by atoms with van der Waals surface area (Å²) >= 11 is 0. The second-order valence-electron chi connectivity index (χ2n) is 4.72. The van der Waals surface area contributed by atoms with E-state index in [1.807, 2.05) is 0 Å². The second-order valence-corrected chi connectivity index (χ2v) is 4.72. The first-order chi connectivity index (χ1) is 11.1. The van der Waals surface area contributed by atoms with E-state index in [0.717, 1.165) is 18.2 Å². The molecule has 6 nitrogen and oxygen atoms in total. The van der Waals surface area contributed by atoms with Crippen LogP contribution < -0.4 is 10.5 Å². The number of nitrogens with zero attached hydrogens (tertiary/aromatic N) is 1. The lowest BCUT2D eigenvalue weighted by atomic mass is 9.98. The molecule has 2 aromatic rings. The van der Waals surface area contributed by atoms with Gasteiger partial charge < -0.3 is 15.6 Å². The zero-order valence-electron chi connectivity index (χ0n) is 12.2. The summed E-state index contributed by atoms with van der Waals surface area (Å²) in [7, 11) is 0. The molecule has 0 radical (unpaired) electrons. The molecule has 2 rings (SSSR count). The number of benzene rings is 2. The zero-order chi connectivity index (χ0) is 18.1. The largest absolute Gasteiger partial charge is 0.573 e. The summed E-state index contributed by atoms with van der Waals surface area (Å²) in [6.07, 6.45) is -4.86. The van der Waals surface area contributed by atoms with E-state index in [-0.39, 0.29) is 23.5 Å². The molecule has 25 heavy (non-hydrogen) atoms. The van der Waals surface area contributed by atoms with Crippen LogP contribution in [-0.4, -0.2) is 16.4 Å². The number of rotatable bonds is 4. The summed E-state index contributed by atoms with van der Waals surface area (Å²) in [5, 5.41) is 20.4. The third-order valence-electron chi connectivity index (χ3n) is 3.10. The van der Waals surface area contributed by atoms with E-state index in [1.54, 1.807) is 0 Å². The standard InChI is InChI=1S/C14H10F4N2O4.ClH/c15-11-6-8(20(22)23)5-10(13(11)21)12(19)7-1-3-9(4-2-7)24-14(16,17)18;/h1-6,12,21H,19H2;1H/t12-;/m1./s1. The van der Waals surface area contributed by atoms with Crippen LogP contribution in [0, 0.1) is 15.9 Å². The Morgan fingerprint density at radius 1 is 1.20 bits per heavy atom. The minimum Gasteiger partial charge on any atom is -0.505 e. The summed E-state index contributed by atoms with van der Waals surface area (Å²) in [4.78, 5) is 9.88. The van der Waals surface area contributed by atoms with Gasteiger partial charge in [0.05, 0.1) is 17.0 Å². The Bertz CT molecular complexity index is 769. The molecule has 0 spiro atoms. The maximum absolute atomic E-state index is 13.6. The fraction of sp³-hybridized carbons (Fsp3) is 0.143. The number of hydrogen-bond acceptors (Lipinski definition) is 5. The van der Waals surface area contributed by atoms with Gasteiger partial charge in [0, 0.05) is 11.6 Å². The van der Waals surface area contributed by atoms with Crippen molar-refractivity contribution in [3.05, 3.63) is 63.5 Å². The minimum atomic E-state index is -4.86. The quantitative estimate of drug-likeness (QED) is 0.476. The number of nitro benzene ring substituents is 1. The van der Waals surface area contributed by atoms with Crippen molar-refractivity contribution in [1.29, 1.82) is 0 Å². The fourth-order valence-electron chi connectivity index (χ4n) is 2.00. The third-order valence-corrected chi connectivity index (χ3v) is 3.10. The average molecular weight is 383 g/mol. The second kappa shape index (κ2) is 7.53. The molecular weight excluding hydrogens is 372 g/mol. The molecular formula is C14H11ClF4N2O4. The lowest BCUT2D eigenvalue weighted by Crippen LogP contribution is -2.17. The van der Waals surface area contributed by atoms with Crippen LogP contribution in [0.15, 0.2) is 36.4 Å². The Balaban J connectivity index is 0.00000312. The molecule has 0 heterocycles. The highest BCUT2D eigenvalue weighted by Crippen LogP contribution is 2.34. The molecule has 0 amide bonds. The molecule has 1 atom stereocenters. The average Bonchev–Trinajstić information content (AvgIpc) is 2.48. The fourth-order valence-corrected chi connectivity index (χ4v) is 2.00. The van der Waals surface area contributed by atoms with Crippen molar-refractivity contribution >= 4 is 18.1 Å². The summed E-state index contributed by atoms with van der Waals surface area (Å²) < 4.78 is 53.6. The summed E-state index contributed by atoms with van der Waals surface area (Å²) in [6.45, 7) is 0. The summed E-state index contributed by atoms with van der Waals surface area (Å²) in [5.41, 5.74) is 5.12. The number of nitrogens with two attached hydrogens (primary N) is 1. The Kier molecular flexibility index (Phi) is 6.16. The predicted molar refractivity (Wildman–Crippen MR) is 81.1 cm³/mol. The number of ether oxygens (including phenoxy) is 1. The highest BCUT2D eigenvalue weighted by atomic mass is 35.5.